The summed E-state index contributed by atoms with van der Waals surface area (Å²) in [5.74, 6) is 0. The van der Waals surface area contributed by atoms with Crippen molar-refractivity contribution < 1.29 is 0 Å². The van der Waals surface area contributed by atoms with Gasteiger partial charge in [-0.15, -0.1) is 0 Å². The lowest BCUT2D eigenvalue weighted by molar-refractivity contribution is 1.13. The van der Waals surface area contributed by atoms with Gasteiger partial charge in [-0.2, -0.15) is 0 Å². The standard InChI is InChI=1S/C46H29N3/c1-2-13-31(14-3-1)48-42-21-11-8-18-37(42)38-27-28-39-44-34-15-5-4-12-30(34)22-29-43(44)49(46(39)45(38)48)33-25-23-32(24-26-33)47-40-19-9-6-16-35(40)36-17-7-10-20-41(36)47/h1-29H. The molecule has 0 fully saturated rings. The van der Waals surface area contributed by atoms with E-state index in [0.717, 1.165) is 17.1 Å². The lowest BCUT2D eigenvalue weighted by atomic mass is 10.0. The fourth-order valence-corrected chi connectivity index (χ4v) is 8.38. The van der Waals surface area contributed by atoms with Gasteiger partial charge in [0.2, 0.25) is 0 Å². The van der Waals surface area contributed by atoms with Crippen molar-refractivity contribution in [1.82, 2.24) is 13.7 Å². The Bertz CT molecular complexity index is 3030. The van der Waals surface area contributed by atoms with Gasteiger partial charge in [-0.25, -0.2) is 0 Å². The molecule has 0 radical (unpaired) electrons. The second kappa shape index (κ2) is 9.96. The molecule has 3 heterocycles. The summed E-state index contributed by atoms with van der Waals surface area (Å²) >= 11 is 0. The number of aromatic nitrogens is 3. The molecular weight excluding hydrogens is 595 g/mol. The van der Waals surface area contributed by atoms with Crippen LogP contribution in [-0.2, 0) is 0 Å². The molecule has 49 heavy (non-hydrogen) atoms. The normalized spacial score (nSPS) is 12.1. The summed E-state index contributed by atoms with van der Waals surface area (Å²) < 4.78 is 7.34. The summed E-state index contributed by atoms with van der Waals surface area (Å²) in [6.45, 7) is 0. The zero-order chi connectivity index (χ0) is 32.1. The molecule has 11 rings (SSSR count). The second-order valence-corrected chi connectivity index (χ2v) is 12.9. The zero-order valence-electron chi connectivity index (χ0n) is 26.6. The molecule has 0 bridgehead atoms. The Kier molecular flexibility index (Phi) is 5.38. The highest BCUT2D eigenvalue weighted by atomic mass is 15.0. The Balaban J connectivity index is 1.27. The summed E-state index contributed by atoms with van der Waals surface area (Å²) in [5, 5.41) is 10.1. The van der Waals surface area contributed by atoms with Gasteiger partial charge in [-0.05, 0) is 71.4 Å². The second-order valence-electron chi connectivity index (χ2n) is 12.9. The van der Waals surface area contributed by atoms with Crippen molar-refractivity contribution in [3.8, 4) is 17.1 Å². The van der Waals surface area contributed by atoms with Gasteiger partial charge in [0.25, 0.3) is 0 Å². The predicted octanol–water partition coefficient (Wildman–Crippen LogP) is 12.1. The molecule has 0 unspecified atom stereocenters. The smallest absolute Gasteiger partial charge is 0.0789 e. The highest BCUT2D eigenvalue weighted by molar-refractivity contribution is 6.28. The topological polar surface area (TPSA) is 14.8 Å². The average molecular weight is 624 g/mol. The van der Waals surface area contributed by atoms with Crippen molar-refractivity contribution >= 4 is 76.2 Å². The minimum Gasteiger partial charge on any atom is -0.309 e. The molecule has 0 saturated carbocycles. The van der Waals surface area contributed by atoms with Crippen molar-refractivity contribution in [2.75, 3.05) is 0 Å². The highest BCUT2D eigenvalue weighted by Gasteiger charge is 2.22. The van der Waals surface area contributed by atoms with E-state index in [1.807, 2.05) is 0 Å². The summed E-state index contributed by atoms with van der Waals surface area (Å²) in [6.07, 6.45) is 0. The third-order valence-corrected chi connectivity index (χ3v) is 10.4. The van der Waals surface area contributed by atoms with Crippen LogP contribution in [0, 0.1) is 0 Å². The van der Waals surface area contributed by atoms with Crippen LogP contribution in [0.25, 0.3) is 93.3 Å². The number of para-hydroxylation sites is 4. The number of nitrogens with zero attached hydrogens (tertiary/aromatic N) is 3. The maximum Gasteiger partial charge on any atom is 0.0789 e. The molecule has 8 aromatic carbocycles. The van der Waals surface area contributed by atoms with Crippen LogP contribution >= 0.6 is 0 Å². The maximum atomic E-state index is 2.49. The summed E-state index contributed by atoms with van der Waals surface area (Å²) in [7, 11) is 0. The lowest BCUT2D eigenvalue weighted by Gasteiger charge is -2.14. The van der Waals surface area contributed by atoms with Crippen molar-refractivity contribution in [3.05, 3.63) is 176 Å². The Morgan fingerprint density at radius 2 is 0.694 bits per heavy atom. The van der Waals surface area contributed by atoms with Gasteiger partial charge in [-0.1, -0.05) is 115 Å². The molecule has 228 valence electrons. The molecule has 0 atom stereocenters. The van der Waals surface area contributed by atoms with Crippen LogP contribution < -0.4 is 0 Å². The third kappa shape index (κ3) is 3.62. The van der Waals surface area contributed by atoms with Crippen LogP contribution in [0.1, 0.15) is 0 Å². The molecule has 3 aromatic heterocycles. The fourth-order valence-electron chi connectivity index (χ4n) is 8.38. The quantitative estimate of drug-likeness (QED) is 0.186. The molecule has 3 nitrogen and oxygen atoms in total. The van der Waals surface area contributed by atoms with E-state index in [-0.39, 0.29) is 0 Å². The van der Waals surface area contributed by atoms with Gasteiger partial charge >= 0.3 is 0 Å². The first-order valence-corrected chi connectivity index (χ1v) is 16.9. The Labute approximate surface area is 282 Å². The minimum atomic E-state index is 1.14. The average Bonchev–Trinajstić information content (AvgIpc) is 3.81. The van der Waals surface area contributed by atoms with Gasteiger partial charge < -0.3 is 13.7 Å². The molecule has 0 aliphatic rings. The van der Waals surface area contributed by atoms with E-state index in [2.05, 4.69) is 190 Å². The van der Waals surface area contributed by atoms with E-state index in [0.29, 0.717) is 0 Å². The van der Waals surface area contributed by atoms with Crippen LogP contribution in [0.5, 0.6) is 0 Å². The van der Waals surface area contributed by atoms with Gasteiger partial charge in [-0.3, -0.25) is 0 Å². The van der Waals surface area contributed by atoms with Crippen LogP contribution in [0.3, 0.4) is 0 Å². The summed E-state index contributed by atoms with van der Waals surface area (Å²) in [6, 6.07) is 64.2. The Hall–Kier alpha value is -6.58. The highest BCUT2D eigenvalue weighted by Crippen LogP contribution is 2.44. The number of hydrogen-bond donors (Lipinski definition) is 0. The Morgan fingerprint density at radius 3 is 1.37 bits per heavy atom. The van der Waals surface area contributed by atoms with E-state index < -0.39 is 0 Å². The molecule has 11 aromatic rings. The molecule has 3 heteroatoms. The van der Waals surface area contributed by atoms with Crippen LogP contribution in [0.4, 0.5) is 0 Å². The Morgan fingerprint density at radius 1 is 0.245 bits per heavy atom. The SMILES string of the molecule is c1ccc(-n2c3ccccc3c3ccc4c5c6ccccc6ccc5n(-c5ccc(-n6c7ccccc7c7ccccc76)cc5)c4c32)cc1. The van der Waals surface area contributed by atoms with Crippen LogP contribution in [0.2, 0.25) is 0 Å². The van der Waals surface area contributed by atoms with Crippen LogP contribution in [0.15, 0.2) is 176 Å². The van der Waals surface area contributed by atoms with E-state index in [1.54, 1.807) is 0 Å². The largest absolute Gasteiger partial charge is 0.309 e. The molecular formula is C46H29N3. The van der Waals surface area contributed by atoms with E-state index in [9.17, 15) is 0 Å². The van der Waals surface area contributed by atoms with Crippen molar-refractivity contribution in [3.63, 3.8) is 0 Å². The van der Waals surface area contributed by atoms with Crippen molar-refractivity contribution in [2.24, 2.45) is 0 Å². The summed E-state index contributed by atoms with van der Waals surface area (Å²) in [5.41, 5.74) is 10.7. The van der Waals surface area contributed by atoms with Gasteiger partial charge in [0.15, 0.2) is 0 Å². The molecule has 0 spiro atoms. The maximum absolute atomic E-state index is 2.49. The van der Waals surface area contributed by atoms with Gasteiger partial charge in [0, 0.05) is 49.4 Å². The molecule has 0 N–H and O–H groups in total. The minimum absolute atomic E-state index is 1.14. The fraction of sp³-hybridized carbons (Fsp3) is 0. The first-order valence-electron chi connectivity index (χ1n) is 16.9. The van der Waals surface area contributed by atoms with E-state index >= 15 is 0 Å². The number of rotatable bonds is 3. The lowest BCUT2D eigenvalue weighted by Crippen LogP contribution is -1.99. The van der Waals surface area contributed by atoms with Gasteiger partial charge in [0.05, 0.1) is 33.1 Å². The number of hydrogen-bond acceptors (Lipinski definition) is 0. The number of fused-ring (bicyclic) bond motifs is 12. The predicted molar refractivity (Wildman–Crippen MR) is 207 cm³/mol. The van der Waals surface area contributed by atoms with E-state index in [1.165, 1.54) is 76.2 Å². The van der Waals surface area contributed by atoms with Crippen LogP contribution in [-0.4, -0.2) is 13.7 Å². The third-order valence-electron chi connectivity index (χ3n) is 10.4. The first-order chi connectivity index (χ1) is 24.3. The molecule has 0 aliphatic carbocycles. The summed E-state index contributed by atoms with van der Waals surface area (Å²) in [4.78, 5) is 0. The molecule has 0 saturated heterocycles. The zero-order valence-corrected chi connectivity index (χ0v) is 26.6. The molecule has 0 amide bonds. The van der Waals surface area contributed by atoms with Gasteiger partial charge in [0.1, 0.15) is 0 Å². The van der Waals surface area contributed by atoms with Crippen molar-refractivity contribution in [1.29, 1.82) is 0 Å². The molecule has 0 aliphatic heterocycles. The van der Waals surface area contributed by atoms with E-state index in [4.69, 9.17) is 0 Å². The monoisotopic (exact) mass is 623 g/mol. The number of benzene rings is 8. The first kappa shape index (κ1) is 26.5. The van der Waals surface area contributed by atoms with Crippen molar-refractivity contribution in [2.45, 2.75) is 0 Å².